The zero-order valence-corrected chi connectivity index (χ0v) is 20.4. The number of urea groups is 1. The molecule has 1 saturated heterocycles. The molecule has 0 unspecified atom stereocenters. The highest BCUT2D eigenvalue weighted by atomic mass is 16.5. The van der Waals surface area contributed by atoms with Crippen molar-refractivity contribution in [3.05, 3.63) is 94.6 Å². The molecule has 0 spiro atoms. The summed E-state index contributed by atoms with van der Waals surface area (Å²) < 4.78 is 16.0. The number of carbonyl (C=O) groups is 4. The zero-order valence-electron chi connectivity index (χ0n) is 20.4. The number of imide groups is 2. The lowest BCUT2D eigenvalue weighted by molar-refractivity contribution is -0.122. The van der Waals surface area contributed by atoms with Crippen LogP contribution in [0.25, 0.3) is 6.08 Å². The van der Waals surface area contributed by atoms with E-state index >= 15 is 0 Å². The third-order valence-corrected chi connectivity index (χ3v) is 5.68. The Morgan fingerprint density at radius 3 is 2.30 bits per heavy atom. The molecule has 188 valence electrons. The van der Waals surface area contributed by atoms with Crippen LogP contribution in [0.2, 0.25) is 0 Å². The highest BCUT2D eigenvalue weighted by molar-refractivity contribution is 6.39. The summed E-state index contributed by atoms with van der Waals surface area (Å²) in [7, 11) is 2.77. The van der Waals surface area contributed by atoms with Crippen LogP contribution in [-0.2, 0) is 20.9 Å². The molecule has 0 radical (unpaired) electrons. The minimum Gasteiger partial charge on any atom is -0.497 e. The number of esters is 1. The van der Waals surface area contributed by atoms with Crippen molar-refractivity contribution in [1.29, 1.82) is 0 Å². The first-order chi connectivity index (χ1) is 17.8. The number of benzene rings is 3. The summed E-state index contributed by atoms with van der Waals surface area (Å²) >= 11 is 0. The van der Waals surface area contributed by atoms with Crippen LogP contribution in [0.4, 0.5) is 10.5 Å². The number of nitrogens with one attached hydrogen (secondary N) is 1. The van der Waals surface area contributed by atoms with Gasteiger partial charge in [0.1, 0.15) is 23.7 Å². The molecule has 3 aromatic rings. The fourth-order valence-electron chi connectivity index (χ4n) is 3.64. The van der Waals surface area contributed by atoms with E-state index in [1.54, 1.807) is 18.2 Å². The highest BCUT2D eigenvalue weighted by Gasteiger charge is 2.37. The van der Waals surface area contributed by atoms with Crippen LogP contribution in [0.1, 0.15) is 27.0 Å². The summed E-state index contributed by atoms with van der Waals surface area (Å²) in [5.41, 5.74) is 2.67. The molecule has 3 aromatic carbocycles. The summed E-state index contributed by atoms with van der Waals surface area (Å²) in [4.78, 5) is 51.0. The zero-order chi connectivity index (χ0) is 26.5. The van der Waals surface area contributed by atoms with Crippen molar-refractivity contribution in [3.63, 3.8) is 0 Å². The number of ether oxygens (including phenoxy) is 3. The van der Waals surface area contributed by atoms with Gasteiger partial charge in [0, 0.05) is 11.6 Å². The standard InChI is InChI=1S/C28H24N2O7/c1-17-4-6-18(7-5-17)16-37-24-15-22(35-2)13-10-20(24)14-23-25(31)29-28(34)30(26(23)32)21-11-8-19(9-12-21)27(33)36-3/h4-15H,16H2,1-3H3,(H,29,31,34)/b23-14+. The lowest BCUT2D eigenvalue weighted by Gasteiger charge is -2.26. The molecule has 0 aromatic heterocycles. The van der Waals surface area contributed by atoms with E-state index in [0.717, 1.165) is 16.0 Å². The molecule has 1 aliphatic rings. The van der Waals surface area contributed by atoms with Gasteiger partial charge >= 0.3 is 12.0 Å². The second-order valence-electron chi connectivity index (χ2n) is 8.17. The Bertz CT molecular complexity index is 1390. The molecule has 9 nitrogen and oxygen atoms in total. The normalized spacial score (nSPS) is 14.4. The van der Waals surface area contributed by atoms with Crippen LogP contribution in [0.3, 0.4) is 0 Å². The quantitative estimate of drug-likeness (QED) is 0.296. The van der Waals surface area contributed by atoms with Gasteiger partial charge in [0.15, 0.2) is 0 Å². The minimum absolute atomic E-state index is 0.180. The number of anilines is 1. The van der Waals surface area contributed by atoms with Crippen molar-refractivity contribution < 1.29 is 33.4 Å². The van der Waals surface area contributed by atoms with Crippen LogP contribution < -0.4 is 19.7 Å². The van der Waals surface area contributed by atoms with Crippen LogP contribution in [0, 0.1) is 6.92 Å². The van der Waals surface area contributed by atoms with E-state index < -0.39 is 23.8 Å². The van der Waals surface area contributed by atoms with Crippen LogP contribution >= 0.6 is 0 Å². The first-order valence-electron chi connectivity index (χ1n) is 11.3. The molecule has 0 bridgehead atoms. The van der Waals surface area contributed by atoms with Crippen molar-refractivity contribution >= 4 is 35.6 Å². The van der Waals surface area contributed by atoms with E-state index in [-0.39, 0.29) is 23.4 Å². The lowest BCUT2D eigenvalue weighted by atomic mass is 10.1. The summed E-state index contributed by atoms with van der Waals surface area (Å²) in [5, 5.41) is 2.18. The maximum Gasteiger partial charge on any atom is 0.337 e. The van der Waals surface area contributed by atoms with E-state index in [2.05, 4.69) is 10.1 Å². The third kappa shape index (κ3) is 5.51. The van der Waals surface area contributed by atoms with Crippen LogP contribution in [0.15, 0.2) is 72.3 Å². The Kier molecular flexibility index (Phi) is 7.34. The van der Waals surface area contributed by atoms with E-state index in [4.69, 9.17) is 9.47 Å². The molecular formula is C28H24N2O7. The molecule has 1 heterocycles. The summed E-state index contributed by atoms with van der Waals surface area (Å²) in [6, 6.07) is 17.6. The van der Waals surface area contributed by atoms with Gasteiger partial charge in [0.2, 0.25) is 0 Å². The fraction of sp³-hybridized carbons (Fsp3) is 0.143. The van der Waals surface area contributed by atoms with Crippen molar-refractivity contribution in [1.82, 2.24) is 5.32 Å². The average molecular weight is 501 g/mol. The fourth-order valence-corrected chi connectivity index (χ4v) is 3.64. The van der Waals surface area contributed by atoms with Crippen molar-refractivity contribution in [3.8, 4) is 11.5 Å². The summed E-state index contributed by atoms with van der Waals surface area (Å²) in [6.45, 7) is 2.24. The predicted octanol–water partition coefficient (Wildman–Crippen LogP) is 4.04. The topological polar surface area (TPSA) is 111 Å². The van der Waals surface area contributed by atoms with Gasteiger partial charge in [-0.2, -0.15) is 0 Å². The van der Waals surface area contributed by atoms with Crippen LogP contribution in [0.5, 0.6) is 11.5 Å². The number of amides is 4. The number of methoxy groups -OCH3 is 2. The average Bonchev–Trinajstić information content (AvgIpc) is 2.91. The molecule has 0 aliphatic carbocycles. The molecule has 1 N–H and O–H groups in total. The Labute approximate surface area is 213 Å². The van der Waals surface area contributed by atoms with E-state index in [1.807, 2.05) is 31.2 Å². The lowest BCUT2D eigenvalue weighted by Crippen LogP contribution is -2.54. The van der Waals surface area contributed by atoms with Crippen molar-refractivity contribution in [2.45, 2.75) is 13.5 Å². The number of hydrogen-bond donors (Lipinski definition) is 1. The first kappa shape index (κ1) is 25.2. The van der Waals surface area contributed by atoms with Gasteiger partial charge in [-0.25, -0.2) is 14.5 Å². The van der Waals surface area contributed by atoms with Gasteiger partial charge in [-0.1, -0.05) is 29.8 Å². The van der Waals surface area contributed by atoms with Gasteiger partial charge in [-0.15, -0.1) is 0 Å². The summed E-state index contributed by atoms with van der Waals surface area (Å²) in [5.74, 6) is -1.30. The number of carbonyl (C=O) groups excluding carboxylic acids is 4. The third-order valence-electron chi connectivity index (χ3n) is 5.68. The van der Waals surface area contributed by atoms with E-state index in [0.29, 0.717) is 17.1 Å². The molecule has 1 aliphatic heterocycles. The second-order valence-corrected chi connectivity index (χ2v) is 8.17. The van der Waals surface area contributed by atoms with Gasteiger partial charge < -0.3 is 14.2 Å². The first-order valence-corrected chi connectivity index (χ1v) is 11.3. The number of aryl methyl sites for hydroxylation is 1. The highest BCUT2D eigenvalue weighted by Crippen LogP contribution is 2.29. The number of barbiturate groups is 1. The minimum atomic E-state index is -0.899. The van der Waals surface area contributed by atoms with Gasteiger partial charge in [0.25, 0.3) is 11.8 Å². The largest absolute Gasteiger partial charge is 0.497 e. The maximum atomic E-state index is 13.3. The van der Waals surface area contributed by atoms with Gasteiger partial charge in [-0.3, -0.25) is 14.9 Å². The maximum absolute atomic E-state index is 13.3. The van der Waals surface area contributed by atoms with Crippen molar-refractivity contribution in [2.24, 2.45) is 0 Å². The second kappa shape index (κ2) is 10.8. The Morgan fingerprint density at radius 2 is 1.65 bits per heavy atom. The summed E-state index contributed by atoms with van der Waals surface area (Å²) in [6.07, 6.45) is 1.36. The predicted molar refractivity (Wildman–Crippen MR) is 135 cm³/mol. The molecule has 0 saturated carbocycles. The molecule has 1 fully saturated rings. The molecular weight excluding hydrogens is 476 g/mol. The molecule has 0 atom stereocenters. The molecule has 4 rings (SSSR count). The van der Waals surface area contributed by atoms with Gasteiger partial charge in [-0.05, 0) is 55.0 Å². The molecule has 9 heteroatoms. The molecule has 37 heavy (non-hydrogen) atoms. The van der Waals surface area contributed by atoms with Crippen LogP contribution in [-0.4, -0.2) is 38.0 Å². The van der Waals surface area contributed by atoms with Gasteiger partial charge in [0.05, 0.1) is 25.5 Å². The Hall–Kier alpha value is -4.92. The smallest absolute Gasteiger partial charge is 0.337 e. The number of rotatable bonds is 7. The van der Waals surface area contributed by atoms with E-state index in [9.17, 15) is 19.2 Å². The Morgan fingerprint density at radius 1 is 0.946 bits per heavy atom. The van der Waals surface area contributed by atoms with E-state index in [1.165, 1.54) is 44.6 Å². The number of nitrogens with zero attached hydrogens (tertiary/aromatic N) is 1. The monoisotopic (exact) mass is 500 g/mol. The molecule has 4 amide bonds. The number of hydrogen-bond acceptors (Lipinski definition) is 7. The van der Waals surface area contributed by atoms with Crippen molar-refractivity contribution in [2.75, 3.05) is 19.1 Å². The SMILES string of the molecule is COC(=O)c1ccc(N2C(=O)NC(=O)/C(=C\c3ccc(OC)cc3OCc3ccc(C)cc3)C2=O)cc1. The Balaban J connectivity index is 1.65.